The van der Waals surface area contributed by atoms with E-state index in [1.54, 1.807) is 7.11 Å². The highest BCUT2D eigenvalue weighted by Crippen LogP contribution is 2.02. The Morgan fingerprint density at radius 2 is 2.29 bits per heavy atom. The molecule has 0 saturated carbocycles. The fourth-order valence-corrected chi connectivity index (χ4v) is 1.99. The van der Waals surface area contributed by atoms with Gasteiger partial charge in [0.05, 0.1) is 0 Å². The number of hydrogen-bond acceptors (Lipinski definition) is 3. The molecular weight excluding hydrogens is 176 g/mol. The van der Waals surface area contributed by atoms with Crippen molar-refractivity contribution in [3.63, 3.8) is 0 Å². The zero-order chi connectivity index (χ0) is 10.2. The molecule has 0 aromatic rings. The summed E-state index contributed by atoms with van der Waals surface area (Å²) in [6.45, 7) is 7.97. The Kier molecular flexibility index (Phi) is 6.15. The lowest BCUT2D eigenvalue weighted by Gasteiger charge is -2.28. The second-order valence-electron chi connectivity index (χ2n) is 4.21. The van der Waals surface area contributed by atoms with Crippen LogP contribution in [0.15, 0.2) is 0 Å². The van der Waals surface area contributed by atoms with Crippen molar-refractivity contribution in [2.45, 2.75) is 32.2 Å². The molecule has 1 heterocycles. The molecule has 1 aliphatic rings. The largest absolute Gasteiger partial charge is 0.385 e. The van der Waals surface area contributed by atoms with Gasteiger partial charge in [-0.2, -0.15) is 0 Å². The van der Waals surface area contributed by atoms with E-state index in [0.717, 1.165) is 13.0 Å². The van der Waals surface area contributed by atoms with Gasteiger partial charge in [0, 0.05) is 32.8 Å². The molecule has 0 aromatic heterocycles. The second kappa shape index (κ2) is 7.21. The van der Waals surface area contributed by atoms with E-state index in [4.69, 9.17) is 4.74 Å². The monoisotopic (exact) mass is 200 g/mol. The third-order valence-corrected chi connectivity index (χ3v) is 2.75. The molecule has 1 saturated heterocycles. The molecule has 84 valence electrons. The highest BCUT2D eigenvalue weighted by atomic mass is 16.5. The summed E-state index contributed by atoms with van der Waals surface area (Å²) >= 11 is 0. The summed E-state index contributed by atoms with van der Waals surface area (Å²) in [4.78, 5) is 2.55. The number of nitrogens with zero attached hydrogens (tertiary/aromatic N) is 1. The Morgan fingerprint density at radius 1 is 1.43 bits per heavy atom. The summed E-state index contributed by atoms with van der Waals surface area (Å²) in [6, 6.07) is 0.637. The molecule has 1 fully saturated rings. The van der Waals surface area contributed by atoms with Crippen molar-refractivity contribution >= 4 is 0 Å². The maximum atomic E-state index is 5.07. The van der Waals surface area contributed by atoms with Crippen LogP contribution < -0.4 is 5.32 Å². The Hall–Kier alpha value is -0.120. The molecule has 1 aliphatic heterocycles. The number of nitrogens with one attached hydrogen (secondary N) is 1. The molecule has 1 atom stereocenters. The van der Waals surface area contributed by atoms with Crippen molar-refractivity contribution in [1.29, 1.82) is 0 Å². The number of rotatable bonds is 4. The fraction of sp³-hybridized carbons (Fsp3) is 1.00. The van der Waals surface area contributed by atoms with Gasteiger partial charge in [-0.15, -0.1) is 0 Å². The van der Waals surface area contributed by atoms with E-state index >= 15 is 0 Å². The zero-order valence-corrected chi connectivity index (χ0v) is 9.59. The van der Waals surface area contributed by atoms with E-state index in [9.17, 15) is 0 Å². The molecule has 14 heavy (non-hydrogen) atoms. The normalized spacial score (nSPS) is 25.7. The minimum atomic E-state index is 0.637. The van der Waals surface area contributed by atoms with Gasteiger partial charge in [0.1, 0.15) is 0 Å². The molecular formula is C11H24N2O. The van der Waals surface area contributed by atoms with Crippen LogP contribution in [0.3, 0.4) is 0 Å². The lowest BCUT2D eigenvalue weighted by Crippen LogP contribution is -2.42. The molecule has 3 heteroatoms. The molecule has 3 nitrogen and oxygen atoms in total. The maximum Gasteiger partial charge on any atom is 0.0474 e. The molecule has 0 aliphatic carbocycles. The predicted molar refractivity (Wildman–Crippen MR) is 59.6 cm³/mol. The SMILES string of the molecule is COCCCN1CCCCNC(C)C1. The van der Waals surface area contributed by atoms with E-state index < -0.39 is 0 Å². The Bertz CT molecular complexity index is 141. The Labute approximate surface area is 87.8 Å². The first-order valence-corrected chi connectivity index (χ1v) is 5.77. The topological polar surface area (TPSA) is 24.5 Å². The highest BCUT2D eigenvalue weighted by molar-refractivity contribution is 4.71. The summed E-state index contributed by atoms with van der Waals surface area (Å²) in [5.74, 6) is 0. The molecule has 0 bridgehead atoms. The van der Waals surface area contributed by atoms with Crippen molar-refractivity contribution in [2.24, 2.45) is 0 Å². The van der Waals surface area contributed by atoms with Crippen molar-refractivity contribution in [2.75, 3.05) is 39.9 Å². The van der Waals surface area contributed by atoms with Gasteiger partial charge in [0.2, 0.25) is 0 Å². The summed E-state index contributed by atoms with van der Waals surface area (Å²) in [7, 11) is 1.78. The molecule has 0 aromatic carbocycles. The van der Waals surface area contributed by atoms with E-state index in [1.165, 1.54) is 39.0 Å². The Balaban J connectivity index is 2.18. The molecule has 0 spiro atoms. The van der Waals surface area contributed by atoms with E-state index in [1.807, 2.05) is 0 Å². The highest BCUT2D eigenvalue weighted by Gasteiger charge is 2.11. The lowest BCUT2D eigenvalue weighted by atomic mass is 10.2. The quantitative estimate of drug-likeness (QED) is 0.688. The first-order chi connectivity index (χ1) is 6.83. The molecule has 0 amide bonds. The second-order valence-corrected chi connectivity index (χ2v) is 4.21. The number of hydrogen-bond donors (Lipinski definition) is 1. The molecule has 1 N–H and O–H groups in total. The van der Waals surface area contributed by atoms with E-state index in [0.29, 0.717) is 6.04 Å². The van der Waals surface area contributed by atoms with Crippen molar-refractivity contribution < 1.29 is 4.74 Å². The van der Waals surface area contributed by atoms with Crippen molar-refractivity contribution in [1.82, 2.24) is 10.2 Å². The summed E-state index contributed by atoms with van der Waals surface area (Å²) < 4.78 is 5.07. The zero-order valence-electron chi connectivity index (χ0n) is 9.59. The first kappa shape index (κ1) is 12.0. The van der Waals surface area contributed by atoms with Crippen LogP contribution in [-0.4, -0.2) is 50.8 Å². The van der Waals surface area contributed by atoms with Gasteiger partial charge in [-0.1, -0.05) is 0 Å². The van der Waals surface area contributed by atoms with Crippen molar-refractivity contribution in [3.05, 3.63) is 0 Å². The van der Waals surface area contributed by atoms with Crippen LogP contribution in [0.1, 0.15) is 26.2 Å². The number of methoxy groups -OCH3 is 1. The van der Waals surface area contributed by atoms with Crippen LogP contribution in [0.4, 0.5) is 0 Å². The van der Waals surface area contributed by atoms with Crippen molar-refractivity contribution in [3.8, 4) is 0 Å². The smallest absolute Gasteiger partial charge is 0.0474 e. The standard InChI is InChI=1S/C11H24N2O/c1-11-10-13(8-5-9-14-2)7-4-3-6-12-11/h11-12H,3-10H2,1-2H3. The van der Waals surface area contributed by atoms with Gasteiger partial charge in [-0.3, -0.25) is 0 Å². The summed E-state index contributed by atoms with van der Waals surface area (Å²) in [5, 5.41) is 3.53. The van der Waals surface area contributed by atoms with Gasteiger partial charge >= 0.3 is 0 Å². The van der Waals surface area contributed by atoms with Gasteiger partial charge in [-0.25, -0.2) is 0 Å². The average molecular weight is 200 g/mol. The van der Waals surface area contributed by atoms with Crippen LogP contribution in [0, 0.1) is 0 Å². The Morgan fingerprint density at radius 3 is 3.07 bits per heavy atom. The first-order valence-electron chi connectivity index (χ1n) is 5.77. The summed E-state index contributed by atoms with van der Waals surface area (Å²) in [5.41, 5.74) is 0. The van der Waals surface area contributed by atoms with Crippen LogP contribution >= 0.6 is 0 Å². The maximum absolute atomic E-state index is 5.07. The van der Waals surface area contributed by atoms with Crippen LogP contribution in [0.25, 0.3) is 0 Å². The van der Waals surface area contributed by atoms with Crippen LogP contribution in [0.2, 0.25) is 0 Å². The van der Waals surface area contributed by atoms with Gasteiger partial charge in [-0.05, 0) is 39.3 Å². The van der Waals surface area contributed by atoms with Gasteiger partial charge < -0.3 is 15.0 Å². The van der Waals surface area contributed by atoms with Crippen LogP contribution in [-0.2, 0) is 4.74 Å². The third-order valence-electron chi connectivity index (χ3n) is 2.75. The molecule has 1 rings (SSSR count). The van der Waals surface area contributed by atoms with E-state index in [-0.39, 0.29) is 0 Å². The summed E-state index contributed by atoms with van der Waals surface area (Å²) in [6.07, 6.45) is 3.79. The van der Waals surface area contributed by atoms with Crippen LogP contribution in [0.5, 0.6) is 0 Å². The fourth-order valence-electron chi connectivity index (χ4n) is 1.99. The minimum absolute atomic E-state index is 0.637. The predicted octanol–water partition coefficient (Wildman–Crippen LogP) is 1.10. The average Bonchev–Trinajstić information content (AvgIpc) is 2.13. The minimum Gasteiger partial charge on any atom is -0.385 e. The lowest BCUT2D eigenvalue weighted by molar-refractivity contribution is 0.162. The van der Waals surface area contributed by atoms with E-state index in [2.05, 4.69) is 17.1 Å². The molecule has 1 unspecified atom stereocenters. The van der Waals surface area contributed by atoms with Gasteiger partial charge in [0.15, 0.2) is 0 Å². The van der Waals surface area contributed by atoms with Gasteiger partial charge in [0.25, 0.3) is 0 Å². The number of ether oxygens (including phenoxy) is 1. The third kappa shape index (κ3) is 4.94. The molecule has 0 radical (unpaired) electrons.